The molecule has 0 aliphatic heterocycles. The molecule has 6 heteroatoms. The second kappa shape index (κ2) is 5.79. The van der Waals surface area contributed by atoms with Gasteiger partial charge in [0.05, 0.1) is 29.1 Å². The summed E-state index contributed by atoms with van der Waals surface area (Å²) in [4.78, 5) is 11.5. The standard InChI is InChI=1S/C14H12ClFN2O2/c1-20-14(19)8-2-5-12(17)13(6-8)18-9-3-4-11(16)10(15)7-9/h2-7,18H,17H2,1H3. The van der Waals surface area contributed by atoms with E-state index in [1.807, 2.05) is 0 Å². The fraction of sp³-hybridized carbons (Fsp3) is 0.0714. The number of ether oxygens (including phenoxy) is 1. The minimum absolute atomic E-state index is 0.00214. The van der Waals surface area contributed by atoms with Gasteiger partial charge in [0.1, 0.15) is 5.82 Å². The van der Waals surface area contributed by atoms with Gasteiger partial charge in [0.2, 0.25) is 0 Å². The highest BCUT2D eigenvalue weighted by Crippen LogP contribution is 2.27. The molecule has 2 rings (SSSR count). The minimum atomic E-state index is -0.506. The van der Waals surface area contributed by atoms with Gasteiger partial charge in [-0.1, -0.05) is 11.6 Å². The van der Waals surface area contributed by atoms with Crippen molar-refractivity contribution in [3.8, 4) is 0 Å². The van der Waals surface area contributed by atoms with Gasteiger partial charge in [-0.15, -0.1) is 0 Å². The van der Waals surface area contributed by atoms with E-state index in [4.69, 9.17) is 17.3 Å². The lowest BCUT2D eigenvalue weighted by Crippen LogP contribution is -2.04. The van der Waals surface area contributed by atoms with Gasteiger partial charge in [0.15, 0.2) is 0 Å². The van der Waals surface area contributed by atoms with Crippen molar-refractivity contribution in [3.63, 3.8) is 0 Å². The number of nitrogen functional groups attached to an aromatic ring is 1. The Morgan fingerprint density at radius 1 is 1.30 bits per heavy atom. The van der Waals surface area contributed by atoms with Gasteiger partial charge in [-0.3, -0.25) is 0 Å². The molecule has 0 atom stereocenters. The molecule has 0 radical (unpaired) electrons. The number of hydrogen-bond acceptors (Lipinski definition) is 4. The lowest BCUT2D eigenvalue weighted by atomic mass is 10.1. The fourth-order valence-electron chi connectivity index (χ4n) is 1.64. The minimum Gasteiger partial charge on any atom is -0.465 e. The smallest absolute Gasteiger partial charge is 0.337 e. The Kier molecular flexibility index (Phi) is 4.10. The van der Waals surface area contributed by atoms with Crippen LogP contribution in [0.4, 0.5) is 21.5 Å². The van der Waals surface area contributed by atoms with E-state index in [9.17, 15) is 9.18 Å². The van der Waals surface area contributed by atoms with Gasteiger partial charge in [-0.25, -0.2) is 9.18 Å². The molecule has 4 nitrogen and oxygen atoms in total. The Labute approximate surface area is 120 Å². The predicted octanol–water partition coefficient (Wildman–Crippen LogP) is 3.59. The van der Waals surface area contributed by atoms with Crippen LogP contribution in [0.5, 0.6) is 0 Å². The SMILES string of the molecule is COC(=O)c1ccc(N)c(Nc2ccc(F)c(Cl)c2)c1. The van der Waals surface area contributed by atoms with E-state index in [-0.39, 0.29) is 5.02 Å². The van der Waals surface area contributed by atoms with Gasteiger partial charge >= 0.3 is 5.97 Å². The Hall–Kier alpha value is -2.27. The Balaban J connectivity index is 2.32. The average molecular weight is 295 g/mol. The van der Waals surface area contributed by atoms with Gasteiger partial charge in [-0.2, -0.15) is 0 Å². The lowest BCUT2D eigenvalue weighted by molar-refractivity contribution is 0.0601. The van der Waals surface area contributed by atoms with E-state index in [2.05, 4.69) is 10.1 Å². The molecule has 2 aromatic rings. The summed E-state index contributed by atoms with van der Waals surface area (Å²) in [7, 11) is 1.30. The molecule has 0 amide bonds. The summed E-state index contributed by atoms with van der Waals surface area (Å²) in [5.74, 6) is -0.973. The first-order valence-corrected chi connectivity index (χ1v) is 6.09. The summed E-state index contributed by atoms with van der Waals surface area (Å²) >= 11 is 5.70. The third-order valence-electron chi connectivity index (χ3n) is 2.67. The van der Waals surface area contributed by atoms with Crippen LogP contribution in [-0.4, -0.2) is 13.1 Å². The van der Waals surface area contributed by atoms with Gasteiger partial charge in [0, 0.05) is 5.69 Å². The highest BCUT2D eigenvalue weighted by atomic mass is 35.5. The molecular formula is C14H12ClFN2O2. The van der Waals surface area contributed by atoms with Crippen molar-refractivity contribution in [1.82, 2.24) is 0 Å². The van der Waals surface area contributed by atoms with Crippen LogP contribution >= 0.6 is 11.6 Å². The summed E-state index contributed by atoms with van der Waals surface area (Å²) in [6, 6.07) is 8.89. The first kappa shape index (κ1) is 14.1. The molecule has 0 fully saturated rings. The first-order valence-electron chi connectivity index (χ1n) is 5.71. The maximum Gasteiger partial charge on any atom is 0.337 e. The van der Waals surface area contributed by atoms with Gasteiger partial charge < -0.3 is 15.8 Å². The normalized spacial score (nSPS) is 10.2. The second-order valence-corrected chi connectivity index (χ2v) is 4.45. The van der Waals surface area contributed by atoms with Crippen LogP contribution in [0.1, 0.15) is 10.4 Å². The number of nitrogens with two attached hydrogens (primary N) is 1. The molecule has 20 heavy (non-hydrogen) atoms. The number of esters is 1. The van der Waals surface area contributed by atoms with Gasteiger partial charge in [-0.05, 0) is 36.4 Å². The molecule has 0 aliphatic carbocycles. The number of carbonyl (C=O) groups is 1. The Morgan fingerprint density at radius 3 is 2.70 bits per heavy atom. The number of halogens is 2. The van der Waals surface area contributed by atoms with Crippen molar-refractivity contribution >= 4 is 34.6 Å². The topological polar surface area (TPSA) is 64.3 Å². The molecule has 0 aliphatic rings. The van der Waals surface area contributed by atoms with Crippen LogP contribution in [0.15, 0.2) is 36.4 Å². The van der Waals surface area contributed by atoms with E-state index in [1.54, 1.807) is 18.2 Å². The molecule has 0 unspecified atom stereocenters. The molecule has 0 aromatic heterocycles. The van der Waals surface area contributed by atoms with E-state index in [0.717, 1.165) is 0 Å². The van der Waals surface area contributed by atoms with E-state index in [0.29, 0.717) is 22.6 Å². The van der Waals surface area contributed by atoms with E-state index < -0.39 is 11.8 Å². The lowest BCUT2D eigenvalue weighted by Gasteiger charge is -2.11. The average Bonchev–Trinajstić information content (AvgIpc) is 2.44. The molecule has 104 valence electrons. The molecule has 3 N–H and O–H groups in total. The third kappa shape index (κ3) is 3.00. The Morgan fingerprint density at radius 2 is 2.05 bits per heavy atom. The predicted molar refractivity (Wildman–Crippen MR) is 76.9 cm³/mol. The van der Waals surface area contributed by atoms with Crippen molar-refractivity contribution in [1.29, 1.82) is 0 Å². The number of rotatable bonds is 3. The maximum absolute atomic E-state index is 13.1. The zero-order valence-electron chi connectivity index (χ0n) is 10.6. The van der Waals surface area contributed by atoms with E-state index in [1.165, 1.54) is 25.3 Å². The number of anilines is 3. The summed E-state index contributed by atoms with van der Waals surface area (Å²) in [5.41, 5.74) is 7.70. The Bertz CT molecular complexity index is 662. The van der Waals surface area contributed by atoms with E-state index >= 15 is 0 Å². The van der Waals surface area contributed by atoms with Crippen LogP contribution in [0.2, 0.25) is 5.02 Å². The number of nitrogens with one attached hydrogen (secondary N) is 1. The zero-order valence-corrected chi connectivity index (χ0v) is 11.4. The number of methoxy groups -OCH3 is 1. The van der Waals surface area contributed by atoms with Crippen LogP contribution in [0.3, 0.4) is 0 Å². The zero-order chi connectivity index (χ0) is 14.7. The van der Waals surface area contributed by atoms with Crippen molar-refractivity contribution in [2.45, 2.75) is 0 Å². The monoisotopic (exact) mass is 294 g/mol. The molecule has 0 bridgehead atoms. The van der Waals surface area contributed by atoms with Crippen molar-refractivity contribution < 1.29 is 13.9 Å². The van der Waals surface area contributed by atoms with Crippen molar-refractivity contribution in [3.05, 3.63) is 52.8 Å². The van der Waals surface area contributed by atoms with Crippen LogP contribution in [0, 0.1) is 5.82 Å². The first-order chi connectivity index (χ1) is 9.51. The summed E-state index contributed by atoms with van der Waals surface area (Å²) in [6.07, 6.45) is 0. The molecule has 0 saturated heterocycles. The molecule has 2 aromatic carbocycles. The van der Waals surface area contributed by atoms with Crippen molar-refractivity contribution in [2.24, 2.45) is 0 Å². The maximum atomic E-state index is 13.1. The van der Waals surface area contributed by atoms with Crippen molar-refractivity contribution in [2.75, 3.05) is 18.2 Å². The molecule has 0 heterocycles. The van der Waals surface area contributed by atoms with Gasteiger partial charge in [0.25, 0.3) is 0 Å². The highest BCUT2D eigenvalue weighted by Gasteiger charge is 2.09. The van der Waals surface area contributed by atoms with Crippen LogP contribution in [-0.2, 0) is 4.74 Å². The number of carbonyl (C=O) groups excluding carboxylic acids is 1. The third-order valence-corrected chi connectivity index (χ3v) is 2.96. The van der Waals surface area contributed by atoms with Crippen LogP contribution < -0.4 is 11.1 Å². The fourth-order valence-corrected chi connectivity index (χ4v) is 1.82. The summed E-state index contributed by atoms with van der Waals surface area (Å²) < 4.78 is 17.7. The molecule has 0 saturated carbocycles. The summed E-state index contributed by atoms with van der Waals surface area (Å²) in [6.45, 7) is 0. The molecule has 0 spiro atoms. The highest BCUT2D eigenvalue weighted by molar-refractivity contribution is 6.31. The summed E-state index contributed by atoms with van der Waals surface area (Å²) in [5, 5.41) is 2.97. The van der Waals surface area contributed by atoms with Crippen LogP contribution in [0.25, 0.3) is 0 Å². The largest absolute Gasteiger partial charge is 0.465 e. The molecular weight excluding hydrogens is 283 g/mol. The quantitative estimate of drug-likeness (QED) is 0.671. The number of benzene rings is 2. The number of hydrogen-bond donors (Lipinski definition) is 2. The second-order valence-electron chi connectivity index (χ2n) is 4.05.